The zero-order chi connectivity index (χ0) is 22.4. The summed E-state index contributed by atoms with van der Waals surface area (Å²) in [7, 11) is 4.43. The minimum absolute atomic E-state index is 0.0523. The Bertz CT molecular complexity index is 1100. The summed E-state index contributed by atoms with van der Waals surface area (Å²) in [5.41, 5.74) is 7.74. The van der Waals surface area contributed by atoms with Gasteiger partial charge < -0.3 is 30.6 Å². The van der Waals surface area contributed by atoms with Crippen LogP contribution in [-0.2, 0) is 9.53 Å². The summed E-state index contributed by atoms with van der Waals surface area (Å²) in [5.74, 6) is 1.02. The Morgan fingerprint density at radius 1 is 1.10 bits per heavy atom. The lowest BCUT2D eigenvalue weighted by Crippen LogP contribution is -2.29. The molecule has 0 atom stereocenters. The van der Waals surface area contributed by atoms with Crippen LogP contribution in [0.3, 0.4) is 0 Å². The number of ether oxygens (including phenoxy) is 3. The first kappa shape index (κ1) is 21.9. The highest BCUT2D eigenvalue weighted by molar-refractivity contribution is 5.95. The predicted molar refractivity (Wildman–Crippen MR) is 116 cm³/mol. The fourth-order valence-electron chi connectivity index (χ4n) is 3.06. The van der Waals surface area contributed by atoms with Gasteiger partial charge in [0.15, 0.2) is 11.5 Å². The fraction of sp³-hybridized carbons (Fsp3) is 0.286. The molecule has 0 radical (unpaired) electrons. The molecule has 10 nitrogen and oxygen atoms in total. The van der Waals surface area contributed by atoms with Crippen molar-refractivity contribution in [1.82, 2.24) is 14.7 Å². The largest absolute Gasteiger partial charge is 0.493 e. The Morgan fingerprint density at radius 2 is 1.87 bits per heavy atom. The summed E-state index contributed by atoms with van der Waals surface area (Å²) >= 11 is 0. The van der Waals surface area contributed by atoms with Crippen molar-refractivity contribution >= 4 is 23.3 Å². The lowest BCUT2D eigenvalue weighted by Gasteiger charge is -2.11. The van der Waals surface area contributed by atoms with Crippen molar-refractivity contribution in [3.63, 3.8) is 0 Å². The second-order valence-electron chi connectivity index (χ2n) is 6.50. The van der Waals surface area contributed by atoms with Gasteiger partial charge in [0.05, 0.1) is 21.3 Å². The summed E-state index contributed by atoms with van der Waals surface area (Å²) in [5, 5.41) is 5.80. The molecule has 0 saturated carbocycles. The smallest absolute Gasteiger partial charge is 0.325 e. The summed E-state index contributed by atoms with van der Waals surface area (Å²) in [4.78, 5) is 28.7. The third-order valence-corrected chi connectivity index (χ3v) is 4.60. The molecule has 2 heterocycles. The first-order valence-electron chi connectivity index (χ1n) is 9.55. The van der Waals surface area contributed by atoms with Crippen LogP contribution in [-0.4, -0.2) is 62.2 Å². The number of rotatable bonds is 9. The molecule has 0 bridgehead atoms. The highest BCUT2D eigenvalue weighted by atomic mass is 16.5. The third kappa shape index (κ3) is 4.69. The number of carbonyl (C=O) groups excluding carboxylic acids is 2. The van der Waals surface area contributed by atoms with Crippen LogP contribution < -0.4 is 25.8 Å². The number of imidazole rings is 1. The zero-order valence-corrected chi connectivity index (χ0v) is 17.6. The van der Waals surface area contributed by atoms with E-state index in [9.17, 15) is 9.59 Å². The highest BCUT2D eigenvalue weighted by Gasteiger charge is 2.18. The number of aromatic nitrogens is 2. The average Bonchev–Trinajstić information content (AvgIpc) is 3.17. The van der Waals surface area contributed by atoms with E-state index in [0.717, 1.165) is 5.56 Å². The molecular weight excluding hydrogens is 402 g/mol. The molecule has 10 heteroatoms. The first-order chi connectivity index (χ1) is 15.0. The average molecular weight is 427 g/mol. The number of benzene rings is 1. The summed E-state index contributed by atoms with van der Waals surface area (Å²) in [6.45, 7) is 0.674. The Kier molecular flexibility index (Phi) is 6.93. The second kappa shape index (κ2) is 9.81. The fourth-order valence-corrected chi connectivity index (χ4v) is 3.06. The van der Waals surface area contributed by atoms with Crippen molar-refractivity contribution in [2.45, 2.75) is 0 Å². The maximum absolute atomic E-state index is 12.3. The minimum atomic E-state index is -0.425. The van der Waals surface area contributed by atoms with E-state index in [0.29, 0.717) is 47.3 Å². The van der Waals surface area contributed by atoms with Gasteiger partial charge in [-0.25, -0.2) is 4.98 Å². The second-order valence-corrected chi connectivity index (χ2v) is 6.50. The normalized spacial score (nSPS) is 10.6. The van der Waals surface area contributed by atoms with Crippen LogP contribution in [0, 0.1) is 0 Å². The Hall–Kier alpha value is -3.79. The van der Waals surface area contributed by atoms with E-state index in [2.05, 4.69) is 15.6 Å². The number of hydrogen-bond acceptors (Lipinski definition) is 8. The number of hydrogen-bond donors (Lipinski definition) is 3. The molecule has 3 aromatic rings. The van der Waals surface area contributed by atoms with Crippen LogP contribution in [0.2, 0.25) is 0 Å². The van der Waals surface area contributed by atoms with Crippen LogP contribution in [0.4, 0.5) is 5.82 Å². The van der Waals surface area contributed by atoms with E-state index in [4.69, 9.17) is 19.9 Å². The number of carbonyl (C=O) groups is 2. The third-order valence-electron chi connectivity index (χ3n) is 4.60. The maximum Gasteiger partial charge on any atom is 0.325 e. The van der Waals surface area contributed by atoms with Crippen LogP contribution in [0.5, 0.6) is 11.5 Å². The van der Waals surface area contributed by atoms with E-state index in [-0.39, 0.29) is 12.5 Å². The standard InChI is InChI=1S/C21H25N5O5/c1-29-15-5-4-13(10-16(15)30-2)19-20(24-12-18(27)31-3)26-9-6-14(11-17(26)25-19)21(28)23-8-7-22/h4-6,9-11,24H,7-8,12,22H2,1-3H3,(H,23,28). The topological polar surface area (TPSA) is 129 Å². The molecule has 0 aliphatic heterocycles. The van der Waals surface area contributed by atoms with Gasteiger partial charge in [-0.05, 0) is 30.3 Å². The predicted octanol–water partition coefficient (Wildman–Crippen LogP) is 1.29. The van der Waals surface area contributed by atoms with Crippen molar-refractivity contribution < 1.29 is 23.8 Å². The monoisotopic (exact) mass is 427 g/mol. The molecule has 0 fully saturated rings. The Balaban J connectivity index is 2.09. The molecule has 0 saturated heterocycles. The van der Waals surface area contributed by atoms with E-state index >= 15 is 0 Å². The van der Waals surface area contributed by atoms with Crippen LogP contribution in [0.15, 0.2) is 36.5 Å². The van der Waals surface area contributed by atoms with Crippen LogP contribution in [0.25, 0.3) is 16.9 Å². The SMILES string of the molecule is COC(=O)CNc1c(-c2ccc(OC)c(OC)c2)nc2cc(C(=O)NCCN)ccn12. The van der Waals surface area contributed by atoms with E-state index in [1.54, 1.807) is 49.1 Å². The van der Waals surface area contributed by atoms with Crippen molar-refractivity contribution in [3.05, 3.63) is 42.1 Å². The van der Waals surface area contributed by atoms with Crippen molar-refractivity contribution in [1.29, 1.82) is 0 Å². The number of nitrogens with zero attached hydrogens (tertiary/aromatic N) is 2. The molecule has 3 rings (SSSR count). The molecule has 0 aliphatic carbocycles. The lowest BCUT2D eigenvalue weighted by atomic mass is 10.1. The molecule has 0 spiro atoms. The van der Waals surface area contributed by atoms with Gasteiger partial charge >= 0.3 is 5.97 Å². The molecule has 0 unspecified atom stereocenters. The van der Waals surface area contributed by atoms with Gasteiger partial charge in [-0.2, -0.15) is 0 Å². The molecule has 4 N–H and O–H groups in total. The van der Waals surface area contributed by atoms with Crippen molar-refractivity contribution in [2.75, 3.05) is 46.3 Å². The number of nitrogens with one attached hydrogen (secondary N) is 2. The lowest BCUT2D eigenvalue weighted by molar-refractivity contribution is -0.138. The summed E-state index contributed by atoms with van der Waals surface area (Å²) < 4.78 is 17.2. The van der Waals surface area contributed by atoms with E-state index in [1.165, 1.54) is 7.11 Å². The van der Waals surface area contributed by atoms with Gasteiger partial charge in [0.25, 0.3) is 5.91 Å². The molecule has 31 heavy (non-hydrogen) atoms. The molecule has 1 amide bonds. The number of nitrogens with two attached hydrogens (primary N) is 1. The van der Waals surface area contributed by atoms with Crippen molar-refractivity contribution in [2.24, 2.45) is 5.73 Å². The van der Waals surface area contributed by atoms with Crippen LogP contribution in [0.1, 0.15) is 10.4 Å². The number of pyridine rings is 1. The van der Waals surface area contributed by atoms with Gasteiger partial charge in [-0.3, -0.25) is 14.0 Å². The van der Waals surface area contributed by atoms with Gasteiger partial charge in [0.2, 0.25) is 0 Å². The molecule has 0 aliphatic rings. The molecule has 164 valence electrons. The number of amides is 1. The number of anilines is 1. The van der Waals surface area contributed by atoms with Crippen molar-refractivity contribution in [3.8, 4) is 22.8 Å². The van der Waals surface area contributed by atoms with E-state index in [1.807, 2.05) is 6.07 Å². The maximum atomic E-state index is 12.3. The summed E-state index contributed by atoms with van der Waals surface area (Å²) in [6.07, 6.45) is 1.71. The minimum Gasteiger partial charge on any atom is -0.493 e. The number of esters is 1. The van der Waals surface area contributed by atoms with Gasteiger partial charge in [-0.15, -0.1) is 0 Å². The molecule has 2 aromatic heterocycles. The quantitative estimate of drug-likeness (QED) is 0.436. The Morgan fingerprint density at radius 3 is 2.55 bits per heavy atom. The zero-order valence-electron chi connectivity index (χ0n) is 17.6. The first-order valence-corrected chi connectivity index (χ1v) is 9.55. The number of fused-ring (bicyclic) bond motifs is 1. The van der Waals surface area contributed by atoms with Gasteiger partial charge in [0, 0.05) is 30.4 Å². The molecule has 1 aromatic carbocycles. The molecular formula is C21H25N5O5. The van der Waals surface area contributed by atoms with Crippen LogP contribution >= 0.6 is 0 Å². The van der Waals surface area contributed by atoms with E-state index < -0.39 is 5.97 Å². The van der Waals surface area contributed by atoms with Gasteiger partial charge in [-0.1, -0.05) is 0 Å². The summed E-state index contributed by atoms with van der Waals surface area (Å²) in [6, 6.07) is 8.73. The van der Waals surface area contributed by atoms with Gasteiger partial charge in [0.1, 0.15) is 23.7 Å². The highest BCUT2D eigenvalue weighted by Crippen LogP contribution is 2.35. The Labute approximate surface area is 179 Å². The number of methoxy groups -OCH3 is 3.